The maximum absolute atomic E-state index is 14.2. The van der Waals surface area contributed by atoms with Crippen LogP contribution in [-0.2, 0) is 44.0 Å². The second kappa shape index (κ2) is 8.68. The van der Waals surface area contributed by atoms with Crippen LogP contribution < -0.4 is 5.32 Å². The number of fused-ring (bicyclic) bond motifs is 1. The molecule has 3 atom stereocenters. The van der Waals surface area contributed by atoms with Crippen LogP contribution in [0.2, 0.25) is 0 Å². The van der Waals surface area contributed by atoms with Crippen molar-refractivity contribution in [3.05, 3.63) is 52.6 Å². The molecule has 3 aliphatic heterocycles. The minimum absolute atomic E-state index is 0.00366. The van der Waals surface area contributed by atoms with Crippen LogP contribution in [0.5, 0.6) is 0 Å². The number of anilines is 1. The van der Waals surface area contributed by atoms with Crippen LogP contribution >= 0.6 is 0 Å². The van der Waals surface area contributed by atoms with Gasteiger partial charge in [-0.25, -0.2) is 32.1 Å². The van der Waals surface area contributed by atoms with Crippen LogP contribution in [0.25, 0.3) is 0 Å². The molecule has 0 unspecified atom stereocenters. The van der Waals surface area contributed by atoms with E-state index in [1.165, 1.54) is 13.8 Å². The maximum atomic E-state index is 14.2. The first-order valence-electron chi connectivity index (χ1n) is 11.5. The van der Waals surface area contributed by atoms with Crippen molar-refractivity contribution in [3.63, 3.8) is 0 Å². The van der Waals surface area contributed by atoms with Gasteiger partial charge in [-0.3, -0.25) is 0 Å². The monoisotopic (exact) mass is 544 g/mol. The highest BCUT2D eigenvalue weighted by molar-refractivity contribution is 7.89. The number of methoxy groups -OCH3 is 3. The third-order valence-corrected chi connectivity index (χ3v) is 9.15. The summed E-state index contributed by atoms with van der Waals surface area (Å²) in [4.78, 5) is 43.3. The summed E-state index contributed by atoms with van der Waals surface area (Å²) in [6.07, 6.45) is -0.148. The van der Waals surface area contributed by atoms with Gasteiger partial charge in [0.05, 0.1) is 38.4 Å². The van der Waals surface area contributed by atoms with Crippen molar-refractivity contribution < 1.29 is 41.5 Å². The number of ether oxygens (including phenoxy) is 3. The molecule has 0 aliphatic carbocycles. The number of carbonyl (C=O) groups is 3. The lowest BCUT2D eigenvalue weighted by molar-refractivity contribution is -0.144. The van der Waals surface area contributed by atoms with Gasteiger partial charge in [0.1, 0.15) is 17.6 Å². The molecule has 38 heavy (non-hydrogen) atoms. The zero-order valence-electron chi connectivity index (χ0n) is 21.1. The number of esters is 3. The summed E-state index contributed by atoms with van der Waals surface area (Å²) in [5, 5.41) is 6.99. The van der Waals surface area contributed by atoms with Gasteiger partial charge in [-0.15, -0.1) is 0 Å². The van der Waals surface area contributed by atoms with E-state index in [2.05, 4.69) is 15.5 Å². The van der Waals surface area contributed by atoms with E-state index in [0.29, 0.717) is 11.3 Å². The Labute approximate surface area is 217 Å². The Morgan fingerprint density at radius 3 is 2.37 bits per heavy atom. The van der Waals surface area contributed by atoms with E-state index in [1.54, 1.807) is 24.3 Å². The maximum Gasteiger partial charge on any atom is 0.357 e. The SMILES string of the molecule is COC(=O)C1=C(C(=O)OC)[C@@H]2Nc3ccccc3[C@@]23C[C@@H](C(=O)OC)N(S(=O)(=O)c2c(C)noc2C)C3=N1. The van der Waals surface area contributed by atoms with Crippen LogP contribution in [-0.4, -0.2) is 75.0 Å². The molecule has 13 nitrogen and oxygen atoms in total. The summed E-state index contributed by atoms with van der Waals surface area (Å²) in [6, 6.07) is 4.56. The lowest BCUT2D eigenvalue weighted by Gasteiger charge is -2.37. The first kappa shape index (κ1) is 25.4. The van der Waals surface area contributed by atoms with Crippen molar-refractivity contribution in [2.45, 2.75) is 42.7 Å². The van der Waals surface area contributed by atoms with Crippen molar-refractivity contribution in [2.75, 3.05) is 26.6 Å². The Balaban J connectivity index is 1.88. The van der Waals surface area contributed by atoms with Gasteiger partial charge in [0, 0.05) is 5.69 Å². The molecule has 4 heterocycles. The van der Waals surface area contributed by atoms with E-state index in [-0.39, 0.29) is 34.2 Å². The molecule has 0 amide bonds. The Hall–Kier alpha value is -4.20. The molecule has 1 fully saturated rings. The fraction of sp³-hybridized carbons (Fsp3) is 0.375. The summed E-state index contributed by atoms with van der Waals surface area (Å²) in [5.41, 5.74) is -0.747. The van der Waals surface area contributed by atoms with Crippen LogP contribution in [0, 0.1) is 13.8 Å². The van der Waals surface area contributed by atoms with Gasteiger partial charge in [0.2, 0.25) is 0 Å². The average molecular weight is 545 g/mol. The standard InChI is InChI=1S/C24H24N4O9S/c1-11-18(12(2)37-27-11)38(32,33)28-15(20(29)34-3)10-24-13-8-6-7-9-14(13)25-19(24)16(21(30)35-4)17(22(31)36-5)26-23(24)28/h6-9,15,19,25H,10H2,1-5H3/t15-,19-,24-/m0/s1. The lowest BCUT2D eigenvalue weighted by atomic mass is 9.70. The van der Waals surface area contributed by atoms with Crippen LogP contribution in [0.15, 0.2) is 49.9 Å². The molecule has 1 aromatic heterocycles. The van der Waals surface area contributed by atoms with Gasteiger partial charge < -0.3 is 24.1 Å². The Morgan fingerprint density at radius 1 is 1.08 bits per heavy atom. The number of hydrogen-bond acceptors (Lipinski definition) is 12. The van der Waals surface area contributed by atoms with E-state index in [4.69, 9.17) is 18.7 Å². The third kappa shape index (κ3) is 3.22. The summed E-state index contributed by atoms with van der Waals surface area (Å²) in [7, 11) is -1.15. The van der Waals surface area contributed by atoms with Crippen molar-refractivity contribution in [1.82, 2.24) is 9.46 Å². The normalized spacial score (nSPS) is 23.6. The predicted octanol–water partition coefficient (Wildman–Crippen LogP) is 0.972. The van der Waals surface area contributed by atoms with Crippen molar-refractivity contribution in [2.24, 2.45) is 4.99 Å². The second-order valence-corrected chi connectivity index (χ2v) is 10.7. The minimum Gasteiger partial charge on any atom is -0.467 e. The molecule has 5 rings (SSSR count). The fourth-order valence-corrected chi connectivity index (χ4v) is 7.55. The van der Waals surface area contributed by atoms with E-state index in [9.17, 15) is 22.8 Å². The van der Waals surface area contributed by atoms with E-state index in [1.807, 2.05) is 0 Å². The fourth-order valence-electron chi connectivity index (χ4n) is 5.62. The smallest absolute Gasteiger partial charge is 0.357 e. The summed E-state index contributed by atoms with van der Waals surface area (Å²) in [6.45, 7) is 2.88. The molecular weight excluding hydrogens is 520 g/mol. The lowest BCUT2D eigenvalue weighted by Crippen LogP contribution is -2.53. The van der Waals surface area contributed by atoms with E-state index < -0.39 is 51.1 Å². The number of sulfonamides is 1. The molecule has 1 aromatic carbocycles. The van der Waals surface area contributed by atoms with E-state index >= 15 is 0 Å². The molecule has 1 spiro atoms. The first-order valence-corrected chi connectivity index (χ1v) is 12.9. The molecule has 200 valence electrons. The van der Waals surface area contributed by atoms with Gasteiger partial charge in [-0.2, -0.15) is 0 Å². The third-order valence-electron chi connectivity index (χ3n) is 7.11. The zero-order valence-corrected chi connectivity index (χ0v) is 21.9. The number of hydrogen-bond donors (Lipinski definition) is 1. The number of aryl methyl sites for hydroxylation is 2. The average Bonchev–Trinajstić information content (AvgIpc) is 3.56. The Kier molecular flexibility index (Phi) is 5.82. The zero-order chi connectivity index (χ0) is 27.6. The van der Waals surface area contributed by atoms with Gasteiger partial charge in [0.15, 0.2) is 16.4 Å². The molecule has 14 heteroatoms. The Bertz CT molecular complexity index is 1540. The topological polar surface area (TPSA) is 167 Å². The van der Waals surface area contributed by atoms with Gasteiger partial charge >= 0.3 is 17.9 Å². The number of aromatic nitrogens is 1. The second-order valence-electron chi connectivity index (χ2n) is 8.97. The number of aliphatic imine (C=N–C) groups is 1. The molecule has 3 aliphatic rings. The highest BCUT2D eigenvalue weighted by Gasteiger charge is 2.67. The summed E-state index contributed by atoms with van der Waals surface area (Å²) < 4.78 is 49.3. The van der Waals surface area contributed by atoms with Crippen molar-refractivity contribution in [1.29, 1.82) is 0 Å². The Morgan fingerprint density at radius 2 is 1.76 bits per heavy atom. The number of rotatable bonds is 5. The minimum atomic E-state index is -4.55. The highest BCUT2D eigenvalue weighted by atomic mass is 32.2. The quantitative estimate of drug-likeness (QED) is 0.421. The molecular formula is C24H24N4O9S. The molecule has 2 aromatic rings. The molecule has 0 bridgehead atoms. The van der Waals surface area contributed by atoms with E-state index in [0.717, 1.165) is 25.6 Å². The van der Waals surface area contributed by atoms with Crippen LogP contribution in [0.3, 0.4) is 0 Å². The largest absolute Gasteiger partial charge is 0.467 e. The molecule has 0 saturated carbocycles. The van der Waals surface area contributed by atoms with Gasteiger partial charge in [-0.05, 0) is 31.9 Å². The molecule has 1 saturated heterocycles. The van der Waals surface area contributed by atoms with Crippen LogP contribution in [0.4, 0.5) is 5.69 Å². The molecule has 0 radical (unpaired) electrons. The number of amidine groups is 1. The number of nitrogens with zero attached hydrogens (tertiary/aromatic N) is 3. The van der Waals surface area contributed by atoms with Crippen LogP contribution in [0.1, 0.15) is 23.4 Å². The number of carbonyl (C=O) groups excluding carboxylic acids is 3. The number of para-hydroxylation sites is 1. The molecule has 1 N–H and O–H groups in total. The van der Waals surface area contributed by atoms with Crippen molar-refractivity contribution in [3.8, 4) is 0 Å². The van der Waals surface area contributed by atoms with Gasteiger partial charge in [0.25, 0.3) is 10.0 Å². The number of nitrogens with one attached hydrogen (secondary N) is 1. The number of benzene rings is 1. The predicted molar refractivity (Wildman–Crippen MR) is 129 cm³/mol. The highest BCUT2D eigenvalue weighted by Crippen LogP contribution is 2.56. The summed E-state index contributed by atoms with van der Waals surface area (Å²) >= 11 is 0. The van der Waals surface area contributed by atoms with Crippen molar-refractivity contribution >= 4 is 39.5 Å². The summed E-state index contributed by atoms with van der Waals surface area (Å²) in [5.74, 6) is -2.85. The first-order chi connectivity index (χ1) is 18.0. The van der Waals surface area contributed by atoms with Gasteiger partial charge in [-0.1, -0.05) is 23.4 Å².